The number of hydrogen-bond acceptors (Lipinski definition) is 2. The van der Waals surface area contributed by atoms with E-state index in [0.29, 0.717) is 5.41 Å². The maximum Gasteiger partial charge on any atom is 0.0379 e. The summed E-state index contributed by atoms with van der Waals surface area (Å²) >= 11 is 0. The van der Waals surface area contributed by atoms with Crippen LogP contribution in [0.3, 0.4) is 0 Å². The molecule has 0 aromatic carbocycles. The van der Waals surface area contributed by atoms with Crippen LogP contribution < -0.4 is 5.73 Å². The minimum absolute atomic E-state index is 0.251. The zero-order valence-electron chi connectivity index (χ0n) is 11.7. The molecule has 1 aliphatic carbocycles. The summed E-state index contributed by atoms with van der Waals surface area (Å²) in [6, 6.07) is 0. The molecule has 2 heteroatoms. The second-order valence-electron chi connectivity index (χ2n) is 6.10. The third kappa shape index (κ3) is 2.43. The molecule has 0 heterocycles. The number of hydrogen-bond donors (Lipinski definition) is 1. The van der Waals surface area contributed by atoms with Gasteiger partial charge in [-0.1, -0.05) is 40.0 Å². The van der Waals surface area contributed by atoms with Crippen LogP contribution in [0.25, 0.3) is 0 Å². The van der Waals surface area contributed by atoms with Gasteiger partial charge in [-0.15, -0.1) is 0 Å². The number of unbranched alkanes of at least 4 members (excludes halogenated alkanes) is 2. The monoisotopic (exact) mass is 226 g/mol. The Balaban J connectivity index is 2.64. The zero-order chi connectivity index (χ0) is 12.2. The highest BCUT2D eigenvalue weighted by atomic mass is 15.2. The first kappa shape index (κ1) is 14.0. The van der Waals surface area contributed by atoms with Crippen LogP contribution in [0, 0.1) is 5.41 Å². The summed E-state index contributed by atoms with van der Waals surface area (Å²) in [4.78, 5) is 2.55. The molecule has 0 saturated heterocycles. The van der Waals surface area contributed by atoms with Crippen LogP contribution in [0.1, 0.15) is 59.3 Å². The lowest BCUT2D eigenvalue weighted by molar-refractivity contribution is 0.0325. The number of nitrogens with two attached hydrogens (primary N) is 1. The predicted molar refractivity (Wildman–Crippen MR) is 71.6 cm³/mol. The Morgan fingerprint density at radius 3 is 2.31 bits per heavy atom. The zero-order valence-corrected chi connectivity index (χ0v) is 11.7. The van der Waals surface area contributed by atoms with Crippen molar-refractivity contribution in [3.63, 3.8) is 0 Å². The summed E-state index contributed by atoms with van der Waals surface area (Å²) in [6.45, 7) is 9.06. The Labute approximate surface area is 102 Å². The maximum atomic E-state index is 6.11. The Morgan fingerprint density at radius 1 is 1.19 bits per heavy atom. The molecule has 0 aromatic rings. The summed E-state index contributed by atoms with van der Waals surface area (Å²) in [5, 5.41) is 0. The summed E-state index contributed by atoms with van der Waals surface area (Å²) < 4.78 is 0. The van der Waals surface area contributed by atoms with E-state index in [0.717, 1.165) is 6.54 Å². The van der Waals surface area contributed by atoms with Gasteiger partial charge < -0.3 is 5.73 Å². The standard InChI is InChI=1S/C14H30N2/c1-5-6-7-11-16(4)14(12-15)10-8-9-13(14,2)3/h5-12,15H2,1-4H3. The fraction of sp³-hybridized carbons (Fsp3) is 1.00. The fourth-order valence-electron chi connectivity index (χ4n) is 3.45. The summed E-state index contributed by atoms with van der Waals surface area (Å²) in [5.74, 6) is 0. The van der Waals surface area contributed by atoms with E-state index >= 15 is 0 Å². The van der Waals surface area contributed by atoms with Crippen LogP contribution in [0.2, 0.25) is 0 Å². The fourth-order valence-corrected chi connectivity index (χ4v) is 3.45. The van der Waals surface area contributed by atoms with Crippen LogP contribution in [-0.2, 0) is 0 Å². The van der Waals surface area contributed by atoms with Gasteiger partial charge >= 0.3 is 0 Å². The van der Waals surface area contributed by atoms with E-state index in [1.165, 1.54) is 45.1 Å². The van der Waals surface area contributed by atoms with Gasteiger partial charge in [-0.25, -0.2) is 0 Å². The molecule has 96 valence electrons. The highest BCUT2D eigenvalue weighted by molar-refractivity contribution is 5.06. The van der Waals surface area contributed by atoms with Gasteiger partial charge in [-0.2, -0.15) is 0 Å². The quantitative estimate of drug-likeness (QED) is 0.705. The molecule has 2 nitrogen and oxygen atoms in total. The Hall–Kier alpha value is -0.0800. The molecule has 16 heavy (non-hydrogen) atoms. The maximum absolute atomic E-state index is 6.11. The van der Waals surface area contributed by atoms with Gasteiger partial charge in [-0.05, 0) is 38.3 Å². The van der Waals surface area contributed by atoms with Crippen molar-refractivity contribution in [1.82, 2.24) is 4.90 Å². The van der Waals surface area contributed by atoms with E-state index in [4.69, 9.17) is 5.73 Å². The van der Waals surface area contributed by atoms with Gasteiger partial charge in [-0.3, -0.25) is 4.90 Å². The van der Waals surface area contributed by atoms with E-state index in [2.05, 4.69) is 32.7 Å². The van der Waals surface area contributed by atoms with Gasteiger partial charge in [0.2, 0.25) is 0 Å². The molecule has 2 N–H and O–H groups in total. The minimum atomic E-state index is 0.251. The first-order chi connectivity index (χ1) is 7.50. The van der Waals surface area contributed by atoms with Gasteiger partial charge in [0.25, 0.3) is 0 Å². The van der Waals surface area contributed by atoms with Crippen LogP contribution >= 0.6 is 0 Å². The molecule has 1 aliphatic rings. The molecule has 0 aromatic heterocycles. The summed E-state index contributed by atoms with van der Waals surface area (Å²) in [5.41, 5.74) is 6.74. The van der Waals surface area contributed by atoms with Gasteiger partial charge in [0.05, 0.1) is 0 Å². The van der Waals surface area contributed by atoms with Crippen molar-refractivity contribution in [3.8, 4) is 0 Å². The molecule has 0 amide bonds. The molecular formula is C14H30N2. The largest absolute Gasteiger partial charge is 0.329 e. The lowest BCUT2D eigenvalue weighted by Crippen LogP contribution is -2.58. The Morgan fingerprint density at radius 2 is 1.88 bits per heavy atom. The third-order valence-corrected chi connectivity index (χ3v) is 4.82. The smallest absolute Gasteiger partial charge is 0.0379 e. The highest BCUT2D eigenvalue weighted by Gasteiger charge is 2.49. The average molecular weight is 226 g/mol. The SMILES string of the molecule is CCCCCN(C)C1(CN)CCCC1(C)C. The average Bonchev–Trinajstić information content (AvgIpc) is 2.54. The molecule has 0 spiro atoms. The molecule has 1 saturated carbocycles. The van der Waals surface area contributed by atoms with Crippen molar-refractivity contribution in [2.45, 2.75) is 64.8 Å². The Bertz CT molecular complexity index is 213. The third-order valence-electron chi connectivity index (χ3n) is 4.82. The van der Waals surface area contributed by atoms with E-state index in [9.17, 15) is 0 Å². The molecule has 0 bridgehead atoms. The summed E-state index contributed by atoms with van der Waals surface area (Å²) in [6.07, 6.45) is 7.88. The van der Waals surface area contributed by atoms with Crippen molar-refractivity contribution < 1.29 is 0 Å². The molecule has 1 atom stereocenters. The lowest BCUT2D eigenvalue weighted by atomic mass is 9.73. The molecule has 1 unspecified atom stereocenters. The second kappa shape index (κ2) is 5.50. The van der Waals surface area contributed by atoms with Gasteiger partial charge in [0.1, 0.15) is 0 Å². The van der Waals surface area contributed by atoms with Crippen molar-refractivity contribution in [2.24, 2.45) is 11.1 Å². The molecular weight excluding hydrogens is 196 g/mol. The first-order valence-electron chi connectivity index (χ1n) is 6.91. The van der Waals surface area contributed by atoms with E-state index < -0.39 is 0 Å². The van der Waals surface area contributed by atoms with Crippen molar-refractivity contribution in [2.75, 3.05) is 20.1 Å². The minimum Gasteiger partial charge on any atom is -0.329 e. The van der Waals surface area contributed by atoms with Crippen LogP contribution in [0.15, 0.2) is 0 Å². The molecule has 0 radical (unpaired) electrons. The van der Waals surface area contributed by atoms with Crippen molar-refractivity contribution in [1.29, 1.82) is 0 Å². The number of nitrogens with zero attached hydrogens (tertiary/aromatic N) is 1. The second-order valence-corrected chi connectivity index (χ2v) is 6.10. The normalized spacial score (nSPS) is 28.9. The van der Waals surface area contributed by atoms with Crippen LogP contribution in [-0.4, -0.2) is 30.6 Å². The Kier molecular flexibility index (Phi) is 4.81. The number of likely N-dealkylation sites (N-methyl/N-ethyl adjacent to an activating group) is 1. The molecule has 0 aliphatic heterocycles. The first-order valence-corrected chi connectivity index (χ1v) is 6.91. The molecule has 1 fully saturated rings. The highest BCUT2D eigenvalue weighted by Crippen LogP contribution is 2.48. The van der Waals surface area contributed by atoms with E-state index in [1.807, 2.05) is 0 Å². The predicted octanol–water partition coefficient (Wildman–Crippen LogP) is 3.02. The summed E-state index contributed by atoms with van der Waals surface area (Å²) in [7, 11) is 2.27. The van der Waals surface area contributed by atoms with Crippen LogP contribution in [0.5, 0.6) is 0 Å². The van der Waals surface area contributed by atoms with Gasteiger partial charge in [0, 0.05) is 12.1 Å². The van der Waals surface area contributed by atoms with Crippen molar-refractivity contribution in [3.05, 3.63) is 0 Å². The van der Waals surface area contributed by atoms with Crippen molar-refractivity contribution >= 4 is 0 Å². The topological polar surface area (TPSA) is 29.3 Å². The van der Waals surface area contributed by atoms with Crippen LogP contribution in [0.4, 0.5) is 0 Å². The molecule has 1 rings (SSSR count). The van der Waals surface area contributed by atoms with E-state index in [-0.39, 0.29) is 5.54 Å². The number of rotatable bonds is 6. The van der Waals surface area contributed by atoms with Gasteiger partial charge in [0.15, 0.2) is 0 Å². The lowest BCUT2D eigenvalue weighted by Gasteiger charge is -2.48. The van der Waals surface area contributed by atoms with E-state index in [1.54, 1.807) is 0 Å².